The monoisotopic (exact) mass is 263 g/mol. The van der Waals surface area contributed by atoms with Gasteiger partial charge in [-0.15, -0.1) is 0 Å². The van der Waals surface area contributed by atoms with Gasteiger partial charge in [0.2, 0.25) is 0 Å². The molecule has 0 radical (unpaired) electrons. The van der Waals surface area contributed by atoms with Gasteiger partial charge < -0.3 is 0 Å². The lowest BCUT2D eigenvalue weighted by atomic mass is 10.3. The molecule has 0 unspecified atom stereocenters. The van der Waals surface area contributed by atoms with Crippen LogP contribution in [-0.4, -0.2) is 4.98 Å². The van der Waals surface area contributed by atoms with Crippen LogP contribution in [0.3, 0.4) is 0 Å². The normalized spacial score (nSPS) is 9.90. The van der Waals surface area contributed by atoms with Crippen LogP contribution in [0.15, 0.2) is 21.2 Å². The molecule has 0 amide bonds. The van der Waals surface area contributed by atoms with Crippen molar-refractivity contribution in [1.29, 1.82) is 0 Å². The van der Waals surface area contributed by atoms with Crippen molar-refractivity contribution in [3.63, 3.8) is 0 Å². The van der Waals surface area contributed by atoms with Crippen LogP contribution in [0, 0.1) is 0 Å². The zero-order valence-electron chi connectivity index (χ0n) is 5.56. The lowest BCUT2D eigenvalue weighted by Gasteiger charge is -1.98. The van der Waals surface area contributed by atoms with E-state index in [1.54, 1.807) is 0 Å². The van der Waals surface area contributed by atoms with Gasteiger partial charge in [-0.1, -0.05) is 6.92 Å². The van der Waals surface area contributed by atoms with Gasteiger partial charge >= 0.3 is 0 Å². The van der Waals surface area contributed by atoms with Crippen molar-refractivity contribution in [3.8, 4) is 0 Å². The summed E-state index contributed by atoms with van der Waals surface area (Å²) in [4.78, 5) is 4.20. The van der Waals surface area contributed by atoms with Gasteiger partial charge in [0, 0.05) is 15.1 Å². The molecule has 1 nitrogen and oxygen atoms in total. The van der Waals surface area contributed by atoms with Crippen molar-refractivity contribution >= 4 is 31.9 Å². The lowest BCUT2D eigenvalue weighted by molar-refractivity contribution is 1.02. The highest BCUT2D eigenvalue weighted by molar-refractivity contribution is 9.11. The van der Waals surface area contributed by atoms with E-state index in [2.05, 4.69) is 43.8 Å². The predicted octanol–water partition coefficient (Wildman–Crippen LogP) is 3.17. The number of hydrogen-bond donors (Lipinski definition) is 0. The van der Waals surface area contributed by atoms with Crippen LogP contribution >= 0.6 is 31.9 Å². The van der Waals surface area contributed by atoms with Gasteiger partial charge in [-0.3, -0.25) is 4.98 Å². The average molecular weight is 265 g/mol. The van der Waals surface area contributed by atoms with Gasteiger partial charge in [0.15, 0.2) is 0 Å². The molecule has 0 aliphatic rings. The summed E-state index contributed by atoms with van der Waals surface area (Å²) in [5.74, 6) is 0. The summed E-state index contributed by atoms with van der Waals surface area (Å²) in [6.07, 6.45) is 2.78. The Balaban J connectivity index is 3.07. The third-order valence-corrected chi connectivity index (χ3v) is 2.34. The summed E-state index contributed by atoms with van der Waals surface area (Å²) in [5.41, 5.74) is 1.10. The molecule has 1 heterocycles. The van der Waals surface area contributed by atoms with Crippen molar-refractivity contribution in [2.24, 2.45) is 0 Å². The summed E-state index contributed by atoms with van der Waals surface area (Å²) in [6, 6.07) is 2.01. The number of aromatic nitrogens is 1. The third kappa shape index (κ3) is 1.80. The number of rotatable bonds is 1. The number of aryl methyl sites for hydroxylation is 1. The van der Waals surface area contributed by atoms with Crippen LogP contribution < -0.4 is 0 Å². The van der Waals surface area contributed by atoms with Gasteiger partial charge in [-0.25, -0.2) is 0 Å². The highest BCUT2D eigenvalue weighted by Crippen LogP contribution is 2.19. The summed E-state index contributed by atoms with van der Waals surface area (Å²) < 4.78 is 2.08. The SMILES string of the molecule is CCc1ncc(Br)cc1Br. The van der Waals surface area contributed by atoms with Crippen molar-refractivity contribution in [1.82, 2.24) is 4.98 Å². The van der Waals surface area contributed by atoms with E-state index in [1.807, 2.05) is 12.3 Å². The van der Waals surface area contributed by atoms with Gasteiger partial charge in [0.1, 0.15) is 0 Å². The Morgan fingerprint density at radius 2 is 2.20 bits per heavy atom. The molecule has 0 saturated carbocycles. The molecule has 0 aliphatic heterocycles. The first-order valence-electron chi connectivity index (χ1n) is 3.04. The van der Waals surface area contributed by atoms with Crippen LogP contribution in [0.5, 0.6) is 0 Å². The third-order valence-electron chi connectivity index (χ3n) is 1.22. The first-order valence-corrected chi connectivity index (χ1v) is 4.62. The summed E-state index contributed by atoms with van der Waals surface area (Å²) in [5, 5.41) is 0. The standard InChI is InChI=1S/C7H7Br2N/c1-2-7-6(9)3-5(8)4-10-7/h3-4H,2H2,1H3. The second kappa shape index (κ2) is 3.49. The Labute approximate surface area is 77.1 Å². The van der Waals surface area contributed by atoms with Crippen LogP contribution in [-0.2, 0) is 6.42 Å². The van der Waals surface area contributed by atoms with Gasteiger partial charge in [-0.2, -0.15) is 0 Å². The molecule has 1 aromatic heterocycles. The Kier molecular flexibility index (Phi) is 2.86. The Morgan fingerprint density at radius 3 is 2.70 bits per heavy atom. The number of nitrogens with zero attached hydrogens (tertiary/aromatic N) is 1. The van der Waals surface area contributed by atoms with Gasteiger partial charge in [-0.05, 0) is 44.3 Å². The highest BCUT2D eigenvalue weighted by Gasteiger charge is 1.97. The molecule has 0 saturated heterocycles. The van der Waals surface area contributed by atoms with Crippen LogP contribution in [0.4, 0.5) is 0 Å². The number of halogens is 2. The van der Waals surface area contributed by atoms with Crippen molar-refractivity contribution in [2.75, 3.05) is 0 Å². The molecule has 0 fully saturated rings. The Bertz CT molecular complexity index is 235. The van der Waals surface area contributed by atoms with Crippen molar-refractivity contribution in [2.45, 2.75) is 13.3 Å². The molecule has 3 heteroatoms. The number of pyridine rings is 1. The summed E-state index contributed by atoms with van der Waals surface area (Å²) in [6.45, 7) is 2.08. The highest BCUT2D eigenvalue weighted by atomic mass is 79.9. The quantitative estimate of drug-likeness (QED) is 0.759. The summed E-state index contributed by atoms with van der Waals surface area (Å²) in [7, 11) is 0. The van der Waals surface area contributed by atoms with E-state index in [1.165, 1.54) is 0 Å². The summed E-state index contributed by atoms with van der Waals surface area (Å²) >= 11 is 6.75. The minimum Gasteiger partial charge on any atom is -0.259 e. The van der Waals surface area contributed by atoms with E-state index in [9.17, 15) is 0 Å². The topological polar surface area (TPSA) is 12.9 Å². The molecular formula is C7H7Br2N. The molecule has 10 heavy (non-hydrogen) atoms. The minimum atomic E-state index is 0.966. The van der Waals surface area contributed by atoms with Crippen LogP contribution in [0.1, 0.15) is 12.6 Å². The maximum absolute atomic E-state index is 4.20. The Hall–Kier alpha value is 0.110. The zero-order valence-corrected chi connectivity index (χ0v) is 8.74. The molecule has 1 aromatic rings. The molecular weight excluding hydrogens is 258 g/mol. The van der Waals surface area contributed by atoms with Crippen LogP contribution in [0.2, 0.25) is 0 Å². The minimum absolute atomic E-state index is 0.966. The van der Waals surface area contributed by atoms with E-state index in [-0.39, 0.29) is 0 Å². The first-order chi connectivity index (χ1) is 4.74. The van der Waals surface area contributed by atoms with Crippen LogP contribution in [0.25, 0.3) is 0 Å². The van der Waals surface area contributed by atoms with Crippen molar-refractivity contribution < 1.29 is 0 Å². The largest absolute Gasteiger partial charge is 0.259 e. The molecule has 54 valence electrons. The lowest BCUT2D eigenvalue weighted by Crippen LogP contribution is -1.86. The molecule has 0 aliphatic carbocycles. The second-order valence-electron chi connectivity index (χ2n) is 1.94. The molecule has 1 rings (SSSR count). The fraction of sp³-hybridized carbons (Fsp3) is 0.286. The number of hydrogen-bond acceptors (Lipinski definition) is 1. The molecule has 0 N–H and O–H groups in total. The van der Waals surface area contributed by atoms with Crippen molar-refractivity contribution in [3.05, 3.63) is 26.9 Å². The molecule has 0 spiro atoms. The molecule has 0 bridgehead atoms. The van der Waals surface area contributed by atoms with E-state index >= 15 is 0 Å². The molecule has 0 aromatic carbocycles. The second-order valence-corrected chi connectivity index (χ2v) is 3.71. The Morgan fingerprint density at radius 1 is 1.50 bits per heavy atom. The van der Waals surface area contributed by atoms with E-state index in [0.29, 0.717) is 0 Å². The fourth-order valence-corrected chi connectivity index (χ4v) is 1.97. The first kappa shape index (κ1) is 8.21. The maximum Gasteiger partial charge on any atom is 0.0543 e. The van der Waals surface area contributed by atoms with E-state index < -0.39 is 0 Å². The van der Waals surface area contributed by atoms with E-state index in [4.69, 9.17) is 0 Å². The van der Waals surface area contributed by atoms with Gasteiger partial charge in [0.05, 0.1) is 5.69 Å². The maximum atomic E-state index is 4.20. The van der Waals surface area contributed by atoms with Gasteiger partial charge in [0.25, 0.3) is 0 Å². The fourth-order valence-electron chi connectivity index (χ4n) is 0.703. The zero-order chi connectivity index (χ0) is 7.56. The predicted molar refractivity (Wildman–Crippen MR) is 49.0 cm³/mol. The smallest absolute Gasteiger partial charge is 0.0543 e. The van der Waals surface area contributed by atoms with E-state index in [0.717, 1.165) is 21.1 Å². The average Bonchev–Trinajstić information content (AvgIpc) is 1.88. The molecule has 0 atom stereocenters.